The highest BCUT2D eigenvalue weighted by Crippen LogP contribution is 2.38. The van der Waals surface area contributed by atoms with Gasteiger partial charge in [-0.3, -0.25) is 14.4 Å². The SMILES string of the molecule is C.C/C=C\c1cc(C(=O)N(C)C)ccc1C.CC.CC(C)C.CNC(=O)c1cc2ccccc2cc1C(=O)C(CP(O)O)c1cccc2ccccc12. The zero-order valence-electron chi connectivity index (χ0n) is 32.3. The monoisotopic (exact) mass is 738 g/mol. The Bertz CT molecular complexity index is 1960. The number of ketones is 1. The van der Waals surface area contributed by atoms with Crippen LogP contribution in [0.3, 0.4) is 0 Å². The van der Waals surface area contributed by atoms with E-state index in [9.17, 15) is 24.2 Å². The van der Waals surface area contributed by atoms with Crippen LogP contribution in [0.15, 0.2) is 103 Å². The van der Waals surface area contributed by atoms with Crippen LogP contribution in [0, 0.1) is 12.8 Å². The highest BCUT2D eigenvalue weighted by atomic mass is 31.2. The molecule has 0 saturated heterocycles. The molecule has 7 nitrogen and oxygen atoms in total. The Morgan fingerprint density at radius 2 is 1.32 bits per heavy atom. The average Bonchev–Trinajstić information content (AvgIpc) is 3.14. The molecule has 5 aromatic rings. The number of amides is 2. The van der Waals surface area contributed by atoms with Crippen molar-refractivity contribution in [3.05, 3.63) is 137 Å². The topological polar surface area (TPSA) is 107 Å². The molecule has 1 atom stereocenters. The van der Waals surface area contributed by atoms with Crippen LogP contribution in [-0.4, -0.2) is 59.6 Å². The van der Waals surface area contributed by atoms with Gasteiger partial charge < -0.3 is 20.0 Å². The Kier molecular flexibility index (Phi) is 20.2. The molecular formula is C45H59N2O5P. The van der Waals surface area contributed by atoms with Gasteiger partial charge in [0.2, 0.25) is 0 Å². The van der Waals surface area contributed by atoms with Crippen LogP contribution in [0.2, 0.25) is 0 Å². The summed E-state index contributed by atoms with van der Waals surface area (Å²) in [6, 6.07) is 30.0. The van der Waals surface area contributed by atoms with Gasteiger partial charge >= 0.3 is 0 Å². The van der Waals surface area contributed by atoms with Gasteiger partial charge in [-0.15, -0.1) is 0 Å². The van der Waals surface area contributed by atoms with E-state index in [-0.39, 0.29) is 42.3 Å². The number of nitrogens with one attached hydrogen (secondary N) is 1. The van der Waals surface area contributed by atoms with Gasteiger partial charge in [0.25, 0.3) is 11.8 Å². The lowest BCUT2D eigenvalue weighted by Crippen LogP contribution is -2.24. The predicted molar refractivity (Wildman–Crippen MR) is 227 cm³/mol. The molecule has 0 aromatic heterocycles. The third kappa shape index (κ3) is 13.4. The number of hydrogen-bond donors (Lipinski definition) is 3. The quantitative estimate of drug-likeness (QED) is 0.109. The van der Waals surface area contributed by atoms with E-state index in [2.05, 4.69) is 26.1 Å². The van der Waals surface area contributed by atoms with Gasteiger partial charge in [-0.05, 0) is 82.3 Å². The molecule has 284 valence electrons. The van der Waals surface area contributed by atoms with E-state index in [1.807, 2.05) is 125 Å². The maximum atomic E-state index is 13.8. The molecule has 2 amide bonds. The van der Waals surface area contributed by atoms with Crippen LogP contribution in [0.4, 0.5) is 0 Å². The van der Waals surface area contributed by atoms with Gasteiger partial charge in [-0.25, -0.2) is 0 Å². The van der Waals surface area contributed by atoms with Crippen molar-refractivity contribution in [2.24, 2.45) is 5.92 Å². The Morgan fingerprint density at radius 3 is 1.85 bits per heavy atom. The van der Waals surface area contributed by atoms with Crippen LogP contribution in [0.1, 0.15) is 103 Å². The van der Waals surface area contributed by atoms with Crippen LogP contribution in [0.25, 0.3) is 27.6 Å². The number of aryl methyl sites for hydroxylation is 1. The summed E-state index contributed by atoms with van der Waals surface area (Å²) < 4.78 is 0. The molecule has 0 radical (unpaired) electrons. The second-order valence-electron chi connectivity index (χ2n) is 12.9. The number of allylic oxidation sites excluding steroid dienone is 1. The Morgan fingerprint density at radius 1 is 0.792 bits per heavy atom. The molecular weight excluding hydrogens is 679 g/mol. The molecule has 53 heavy (non-hydrogen) atoms. The molecule has 0 spiro atoms. The van der Waals surface area contributed by atoms with Crippen molar-refractivity contribution in [3.8, 4) is 0 Å². The summed E-state index contributed by atoms with van der Waals surface area (Å²) in [6.07, 6.45) is 3.89. The third-order valence-corrected chi connectivity index (χ3v) is 8.45. The first-order chi connectivity index (χ1) is 24.8. The molecule has 0 aliphatic rings. The lowest BCUT2D eigenvalue weighted by atomic mass is 9.86. The zero-order valence-corrected chi connectivity index (χ0v) is 33.2. The van der Waals surface area contributed by atoms with Crippen molar-refractivity contribution in [1.82, 2.24) is 10.2 Å². The zero-order chi connectivity index (χ0) is 39.0. The first-order valence-corrected chi connectivity index (χ1v) is 19.1. The smallest absolute Gasteiger partial charge is 0.253 e. The van der Waals surface area contributed by atoms with Crippen molar-refractivity contribution in [3.63, 3.8) is 0 Å². The van der Waals surface area contributed by atoms with Gasteiger partial charge in [0.05, 0.1) is 11.5 Å². The van der Waals surface area contributed by atoms with E-state index in [1.165, 1.54) is 12.6 Å². The number of Topliss-reactive ketones (excluding diaryl/α,β-unsaturated/α-hetero) is 1. The lowest BCUT2D eigenvalue weighted by molar-refractivity contribution is 0.0827. The molecule has 0 fully saturated rings. The Hall–Kier alpha value is -4.68. The fourth-order valence-electron chi connectivity index (χ4n) is 5.39. The van der Waals surface area contributed by atoms with E-state index >= 15 is 0 Å². The minimum atomic E-state index is -2.33. The number of hydrogen-bond acceptors (Lipinski definition) is 5. The first-order valence-electron chi connectivity index (χ1n) is 17.7. The molecule has 5 rings (SSSR count). The van der Waals surface area contributed by atoms with Crippen LogP contribution < -0.4 is 5.32 Å². The van der Waals surface area contributed by atoms with E-state index in [1.54, 1.807) is 31.1 Å². The van der Waals surface area contributed by atoms with Crippen molar-refractivity contribution in [2.45, 2.75) is 61.8 Å². The molecule has 0 aliphatic carbocycles. The number of rotatable bonds is 8. The summed E-state index contributed by atoms with van der Waals surface area (Å²) in [6.45, 7) is 14.5. The minimum Gasteiger partial charge on any atom is -0.355 e. The molecule has 8 heteroatoms. The normalized spacial score (nSPS) is 11.0. The molecule has 0 heterocycles. The highest BCUT2D eigenvalue weighted by molar-refractivity contribution is 7.45. The fraction of sp³-hybridized carbons (Fsp3) is 0.311. The summed E-state index contributed by atoms with van der Waals surface area (Å²) in [4.78, 5) is 59.4. The van der Waals surface area contributed by atoms with Crippen molar-refractivity contribution < 1.29 is 24.2 Å². The third-order valence-electron chi connectivity index (χ3n) is 7.76. The summed E-state index contributed by atoms with van der Waals surface area (Å²) in [5.41, 5.74) is 4.28. The predicted octanol–water partition coefficient (Wildman–Crippen LogP) is 10.7. The van der Waals surface area contributed by atoms with E-state index in [4.69, 9.17) is 0 Å². The number of carbonyl (C=O) groups excluding carboxylic acids is 3. The van der Waals surface area contributed by atoms with Gasteiger partial charge in [0, 0.05) is 38.4 Å². The highest BCUT2D eigenvalue weighted by Gasteiger charge is 2.29. The lowest BCUT2D eigenvalue weighted by Gasteiger charge is -2.20. The first kappa shape index (κ1) is 46.3. The average molecular weight is 739 g/mol. The molecule has 0 saturated carbocycles. The Balaban J connectivity index is 0.000000536. The number of benzene rings is 5. The molecule has 0 aliphatic heterocycles. The summed E-state index contributed by atoms with van der Waals surface area (Å²) in [7, 11) is 2.72. The van der Waals surface area contributed by atoms with Crippen molar-refractivity contribution in [2.75, 3.05) is 27.3 Å². The summed E-state index contributed by atoms with van der Waals surface area (Å²) in [5.74, 6) is -0.588. The van der Waals surface area contributed by atoms with Gasteiger partial charge in [-0.2, -0.15) is 0 Å². The maximum Gasteiger partial charge on any atom is 0.253 e. The standard InChI is InChI=1S/C25H22NO4P.C13H17NO.C4H10.C2H6.CH4/c1-26-25(28)22-14-18-9-3-2-8-17(18)13-21(22)24(27)23(15-31(29)30)20-12-6-10-16-7-4-5-11-19(16)20;1-5-6-11-9-12(8-7-10(11)2)13(15)14(3)4;1-4(2)3;1-2;/h2-14,23,29-30H,15H2,1H3,(H,26,28);5-9H,1-4H3;4H,1-3H3;1-2H3;1H4/b;6-5-;;;. The largest absolute Gasteiger partial charge is 0.355 e. The van der Waals surface area contributed by atoms with Gasteiger partial charge in [0.15, 0.2) is 14.2 Å². The molecule has 1 unspecified atom stereocenters. The second-order valence-corrected chi connectivity index (χ2v) is 14.0. The summed E-state index contributed by atoms with van der Waals surface area (Å²) in [5, 5.41) is 6.13. The van der Waals surface area contributed by atoms with Crippen LogP contribution in [-0.2, 0) is 0 Å². The molecule has 0 bridgehead atoms. The van der Waals surface area contributed by atoms with Gasteiger partial charge in [0.1, 0.15) is 0 Å². The van der Waals surface area contributed by atoms with Crippen molar-refractivity contribution >= 4 is 53.6 Å². The Labute approximate surface area is 318 Å². The molecule has 3 N–H and O–H groups in total. The van der Waals surface area contributed by atoms with E-state index in [0.717, 1.165) is 44.2 Å². The maximum absolute atomic E-state index is 13.8. The minimum absolute atomic E-state index is 0. The summed E-state index contributed by atoms with van der Waals surface area (Å²) >= 11 is 0. The molecule has 5 aromatic carbocycles. The number of carbonyl (C=O) groups is 3. The van der Waals surface area contributed by atoms with Crippen LogP contribution >= 0.6 is 8.38 Å². The number of nitrogens with zero attached hydrogens (tertiary/aromatic N) is 1. The number of fused-ring (bicyclic) bond motifs is 2. The van der Waals surface area contributed by atoms with E-state index in [0.29, 0.717) is 0 Å². The van der Waals surface area contributed by atoms with E-state index < -0.39 is 14.3 Å². The fourth-order valence-corrected chi connectivity index (χ4v) is 6.07. The second kappa shape index (κ2) is 23.1. The van der Waals surface area contributed by atoms with Gasteiger partial charge in [-0.1, -0.05) is 127 Å². The van der Waals surface area contributed by atoms with Crippen LogP contribution in [0.5, 0.6) is 0 Å². The van der Waals surface area contributed by atoms with Crippen molar-refractivity contribution in [1.29, 1.82) is 0 Å².